The summed E-state index contributed by atoms with van der Waals surface area (Å²) in [6, 6.07) is 16.5. The second-order valence-corrected chi connectivity index (χ2v) is 18.0. The second kappa shape index (κ2) is 19.1. The zero-order chi connectivity index (χ0) is 37.1. The van der Waals surface area contributed by atoms with Crippen LogP contribution in [0, 0.1) is 11.8 Å². The van der Waals surface area contributed by atoms with Gasteiger partial charge in [-0.25, -0.2) is 9.59 Å². The summed E-state index contributed by atoms with van der Waals surface area (Å²) in [4.78, 5) is 28.8. The van der Waals surface area contributed by atoms with E-state index < -0.39 is 0 Å². The summed E-state index contributed by atoms with van der Waals surface area (Å²) in [5.41, 5.74) is 3.53. The highest BCUT2D eigenvalue weighted by Gasteiger charge is 2.46. The van der Waals surface area contributed by atoms with Crippen molar-refractivity contribution < 1.29 is 19.1 Å². The number of hydrogen-bond acceptors (Lipinski definition) is 5. The number of carbonyl (C=O) groups is 2. The van der Waals surface area contributed by atoms with Gasteiger partial charge in [0.25, 0.3) is 0 Å². The number of likely N-dealkylation sites (tertiary alicyclic amines) is 1. The lowest BCUT2D eigenvalue weighted by Crippen LogP contribution is -2.63. The summed E-state index contributed by atoms with van der Waals surface area (Å²) in [5.74, 6) is 2.53. The van der Waals surface area contributed by atoms with E-state index >= 15 is 0 Å². The van der Waals surface area contributed by atoms with Gasteiger partial charge >= 0.3 is 11.9 Å². The molecule has 0 amide bonds. The number of rotatable bonds is 16. The number of unbranched alkanes of at least 4 members (excludes halogenated alkanes) is 4. The lowest BCUT2D eigenvalue weighted by molar-refractivity contribution is -0.0927. The van der Waals surface area contributed by atoms with E-state index in [0.717, 1.165) is 24.7 Å². The summed E-state index contributed by atoms with van der Waals surface area (Å²) < 4.78 is 12.0. The lowest BCUT2D eigenvalue weighted by Gasteiger charge is -2.54. The number of piperidine rings is 1. The Labute approximate surface area is 317 Å². The third-order valence-electron chi connectivity index (χ3n) is 13.1. The molecule has 2 aromatic carbocycles. The van der Waals surface area contributed by atoms with Gasteiger partial charge < -0.3 is 9.47 Å². The van der Waals surface area contributed by atoms with Crippen molar-refractivity contribution in [3.05, 3.63) is 70.8 Å². The number of hydrogen-bond donors (Lipinski definition) is 0. The Morgan fingerprint density at radius 3 is 1.46 bits per heavy atom. The van der Waals surface area contributed by atoms with Crippen LogP contribution in [0.2, 0.25) is 0 Å². The molecule has 0 spiro atoms. The van der Waals surface area contributed by atoms with E-state index in [1.165, 1.54) is 114 Å². The largest absolute Gasteiger partial charge is 0.461 e. The molecule has 288 valence electrons. The van der Waals surface area contributed by atoms with E-state index in [2.05, 4.69) is 70.7 Å². The molecule has 2 saturated carbocycles. The molecule has 1 aliphatic heterocycles. The molecule has 0 radical (unpaired) electrons. The van der Waals surface area contributed by atoms with Gasteiger partial charge in [-0.15, -0.1) is 0 Å². The normalized spacial score (nSPS) is 25.0. The Morgan fingerprint density at radius 2 is 1.04 bits per heavy atom. The predicted octanol–water partition coefficient (Wildman–Crippen LogP) is 12.4. The minimum atomic E-state index is -0.258. The monoisotopic (exact) mass is 714 g/mol. The molecule has 2 aromatic rings. The molecule has 0 aromatic heterocycles. The number of benzene rings is 2. The molecule has 5 nitrogen and oxygen atoms in total. The van der Waals surface area contributed by atoms with Gasteiger partial charge in [0.1, 0.15) is 12.7 Å². The Hall–Kier alpha value is -2.66. The van der Waals surface area contributed by atoms with E-state index in [1.54, 1.807) is 0 Å². The van der Waals surface area contributed by atoms with Crippen molar-refractivity contribution in [3.63, 3.8) is 0 Å². The van der Waals surface area contributed by atoms with Crippen LogP contribution in [-0.2, 0) is 9.47 Å². The third kappa shape index (κ3) is 11.2. The molecule has 1 heterocycles. The van der Waals surface area contributed by atoms with Gasteiger partial charge in [-0.1, -0.05) is 89.5 Å². The standard InChI is InChI=1S/C47H71NO4/c1-7-9-11-13-35-15-19-37(20-16-35)39-23-27-41(28-24-39)44(49)51-32-31-48-46(3,4)33-43(34-47(48,5)6)52-45(50)42-29-25-40(26-30-42)38-21-17-36(18-22-38)14-12-10-8-2/h23-30,35-38,43H,7-22,31-34H2,1-6H3/t35-,36?,37-,38?. The van der Waals surface area contributed by atoms with Crippen molar-refractivity contribution in [3.8, 4) is 0 Å². The van der Waals surface area contributed by atoms with Gasteiger partial charge in [-0.3, -0.25) is 4.90 Å². The van der Waals surface area contributed by atoms with Crippen molar-refractivity contribution >= 4 is 11.9 Å². The molecule has 2 aliphatic carbocycles. The first kappa shape index (κ1) is 40.5. The van der Waals surface area contributed by atoms with Crippen LogP contribution >= 0.6 is 0 Å². The molecular weight excluding hydrogens is 643 g/mol. The van der Waals surface area contributed by atoms with Crippen LogP contribution in [0.4, 0.5) is 0 Å². The number of carbonyl (C=O) groups excluding carboxylic acids is 2. The summed E-state index contributed by atoms with van der Waals surface area (Å²) >= 11 is 0. The first-order valence-corrected chi connectivity index (χ1v) is 21.3. The molecule has 0 bridgehead atoms. The summed E-state index contributed by atoms with van der Waals surface area (Å²) in [5, 5.41) is 0. The summed E-state index contributed by atoms with van der Waals surface area (Å²) in [6.45, 7) is 14.4. The van der Waals surface area contributed by atoms with E-state index in [1.807, 2.05) is 24.3 Å². The zero-order valence-electron chi connectivity index (χ0n) is 33.7. The van der Waals surface area contributed by atoms with Crippen LogP contribution in [0.3, 0.4) is 0 Å². The first-order valence-electron chi connectivity index (χ1n) is 21.3. The van der Waals surface area contributed by atoms with Gasteiger partial charge in [-0.2, -0.15) is 0 Å². The summed E-state index contributed by atoms with van der Waals surface area (Å²) in [6.07, 6.45) is 22.5. The van der Waals surface area contributed by atoms with Crippen molar-refractivity contribution in [1.29, 1.82) is 0 Å². The molecule has 5 rings (SSSR count). The smallest absolute Gasteiger partial charge is 0.338 e. The third-order valence-corrected chi connectivity index (χ3v) is 13.1. The zero-order valence-corrected chi connectivity index (χ0v) is 33.7. The lowest BCUT2D eigenvalue weighted by atomic mass is 9.77. The highest BCUT2D eigenvalue weighted by Crippen LogP contribution is 2.41. The fraction of sp³-hybridized carbons (Fsp3) is 0.702. The van der Waals surface area contributed by atoms with Gasteiger partial charge in [0.15, 0.2) is 0 Å². The molecular formula is C47H71NO4. The van der Waals surface area contributed by atoms with Crippen molar-refractivity contribution in [2.75, 3.05) is 13.2 Å². The average molecular weight is 714 g/mol. The highest BCUT2D eigenvalue weighted by atomic mass is 16.5. The van der Waals surface area contributed by atoms with Crippen LogP contribution in [0.1, 0.15) is 201 Å². The maximum absolute atomic E-state index is 13.3. The van der Waals surface area contributed by atoms with E-state index in [4.69, 9.17) is 9.47 Å². The van der Waals surface area contributed by atoms with Crippen LogP contribution in [0.25, 0.3) is 0 Å². The van der Waals surface area contributed by atoms with Crippen molar-refractivity contribution in [2.45, 2.75) is 186 Å². The number of ether oxygens (including phenoxy) is 2. The quantitative estimate of drug-likeness (QED) is 0.128. The van der Waals surface area contributed by atoms with Crippen LogP contribution < -0.4 is 0 Å². The minimum Gasteiger partial charge on any atom is -0.461 e. The van der Waals surface area contributed by atoms with Crippen LogP contribution in [0.15, 0.2) is 48.5 Å². The molecule has 0 unspecified atom stereocenters. The van der Waals surface area contributed by atoms with Crippen LogP contribution in [0.5, 0.6) is 0 Å². The van der Waals surface area contributed by atoms with Gasteiger partial charge in [0.2, 0.25) is 0 Å². The molecule has 0 atom stereocenters. The minimum absolute atomic E-state index is 0.173. The molecule has 0 N–H and O–H groups in total. The molecule has 1 saturated heterocycles. The second-order valence-electron chi connectivity index (χ2n) is 18.0. The van der Waals surface area contributed by atoms with Gasteiger partial charge in [0.05, 0.1) is 11.1 Å². The SMILES string of the molecule is CCCCCC1CCC(c2ccc(C(=O)OC3CC(C)(C)N(CCOC(=O)c4ccc([C@H]5CC[C@H](CCCCC)CC5)cc4)C(C)(C)C3)cc2)CC1. The fourth-order valence-electron chi connectivity index (χ4n) is 10.2. The average Bonchev–Trinajstić information content (AvgIpc) is 3.13. The Kier molecular flexibility index (Phi) is 14.9. The Morgan fingerprint density at radius 1 is 0.615 bits per heavy atom. The Balaban J connectivity index is 1.05. The predicted molar refractivity (Wildman–Crippen MR) is 214 cm³/mol. The topological polar surface area (TPSA) is 55.8 Å². The van der Waals surface area contributed by atoms with Crippen LogP contribution in [-0.4, -0.2) is 47.2 Å². The van der Waals surface area contributed by atoms with E-state index in [9.17, 15) is 9.59 Å². The summed E-state index contributed by atoms with van der Waals surface area (Å²) in [7, 11) is 0. The maximum Gasteiger partial charge on any atom is 0.338 e. The highest BCUT2D eigenvalue weighted by molar-refractivity contribution is 5.90. The van der Waals surface area contributed by atoms with Gasteiger partial charge in [-0.05, 0) is 138 Å². The first-order chi connectivity index (χ1) is 25.0. The number of esters is 2. The molecule has 52 heavy (non-hydrogen) atoms. The molecule has 3 fully saturated rings. The van der Waals surface area contributed by atoms with Crippen molar-refractivity contribution in [1.82, 2.24) is 4.90 Å². The van der Waals surface area contributed by atoms with Crippen molar-refractivity contribution in [2.24, 2.45) is 11.8 Å². The Bertz CT molecular complexity index is 1360. The molecule has 5 heteroatoms. The van der Waals surface area contributed by atoms with Gasteiger partial charge in [0, 0.05) is 30.5 Å². The fourth-order valence-corrected chi connectivity index (χ4v) is 10.2. The van der Waals surface area contributed by atoms with E-state index in [-0.39, 0.29) is 29.1 Å². The maximum atomic E-state index is 13.3. The number of nitrogens with zero attached hydrogens (tertiary/aromatic N) is 1. The van der Waals surface area contributed by atoms with E-state index in [0.29, 0.717) is 36.1 Å². The molecule has 3 aliphatic rings.